The van der Waals surface area contributed by atoms with Crippen LogP contribution in [0.2, 0.25) is 0 Å². The molecular weight excluding hydrogens is 276 g/mol. The largest absolute Gasteiger partial charge is 0.376 e. The first-order chi connectivity index (χ1) is 9.65. The molecule has 0 radical (unpaired) electrons. The molecule has 1 N–H and O–H groups in total. The first kappa shape index (κ1) is 13.4. The Morgan fingerprint density at radius 2 is 2.00 bits per heavy atom. The van der Waals surface area contributed by atoms with E-state index in [1.54, 1.807) is 12.1 Å². The Labute approximate surface area is 121 Å². The lowest BCUT2D eigenvalue weighted by molar-refractivity contribution is 0.582. The number of rotatable bonds is 2. The molecule has 4 heteroatoms. The Morgan fingerprint density at radius 1 is 1.15 bits per heavy atom. The lowest BCUT2D eigenvalue weighted by Gasteiger charge is -2.27. The van der Waals surface area contributed by atoms with Crippen molar-refractivity contribution in [2.24, 2.45) is 0 Å². The second-order valence-electron chi connectivity index (χ2n) is 4.98. The third-order valence-electron chi connectivity index (χ3n) is 3.48. The van der Waals surface area contributed by atoms with Gasteiger partial charge in [0.05, 0.1) is 11.7 Å². The van der Waals surface area contributed by atoms with E-state index >= 15 is 0 Å². The summed E-state index contributed by atoms with van der Waals surface area (Å²) in [7, 11) is 0. The number of fused-ring (bicyclic) bond motifs is 1. The molecule has 20 heavy (non-hydrogen) atoms. The highest BCUT2D eigenvalue weighted by Crippen LogP contribution is 2.39. The second kappa shape index (κ2) is 5.44. The smallest absolute Gasteiger partial charge is 0.146 e. The van der Waals surface area contributed by atoms with Crippen LogP contribution < -0.4 is 5.32 Å². The zero-order valence-electron chi connectivity index (χ0n) is 11.1. The van der Waals surface area contributed by atoms with Gasteiger partial charge in [-0.3, -0.25) is 0 Å². The van der Waals surface area contributed by atoms with Gasteiger partial charge in [0.2, 0.25) is 0 Å². The summed E-state index contributed by atoms with van der Waals surface area (Å²) in [6.45, 7) is 1.86. The number of anilines is 1. The molecule has 0 saturated heterocycles. The van der Waals surface area contributed by atoms with Gasteiger partial charge < -0.3 is 5.32 Å². The average Bonchev–Trinajstić information content (AvgIpc) is 2.43. The average molecular weight is 291 g/mol. The van der Waals surface area contributed by atoms with E-state index in [-0.39, 0.29) is 17.7 Å². The van der Waals surface area contributed by atoms with E-state index in [4.69, 9.17) is 0 Å². The van der Waals surface area contributed by atoms with Gasteiger partial charge in [-0.05, 0) is 42.7 Å². The molecule has 2 aromatic rings. The molecule has 1 heterocycles. The van der Waals surface area contributed by atoms with E-state index in [9.17, 15) is 8.78 Å². The molecule has 1 unspecified atom stereocenters. The topological polar surface area (TPSA) is 12.0 Å². The van der Waals surface area contributed by atoms with Crippen molar-refractivity contribution in [2.45, 2.75) is 24.3 Å². The Hall–Kier alpha value is -1.55. The van der Waals surface area contributed by atoms with Crippen LogP contribution >= 0.6 is 11.8 Å². The van der Waals surface area contributed by atoms with E-state index < -0.39 is 0 Å². The van der Waals surface area contributed by atoms with E-state index in [1.807, 2.05) is 19.1 Å². The monoisotopic (exact) mass is 291 g/mol. The van der Waals surface area contributed by atoms with Crippen LogP contribution in [0.1, 0.15) is 23.6 Å². The fourth-order valence-corrected chi connectivity index (χ4v) is 3.60. The SMILES string of the molecule is Cc1ccc(NC2CCSc3c(F)cccc32)c(F)c1. The van der Waals surface area contributed by atoms with E-state index in [2.05, 4.69) is 5.32 Å². The maximum atomic E-state index is 13.9. The molecule has 0 aliphatic carbocycles. The van der Waals surface area contributed by atoms with Crippen LogP contribution in [-0.2, 0) is 0 Å². The van der Waals surface area contributed by atoms with Crippen molar-refractivity contribution in [1.82, 2.24) is 0 Å². The van der Waals surface area contributed by atoms with Gasteiger partial charge >= 0.3 is 0 Å². The molecule has 2 aromatic carbocycles. The molecule has 0 spiro atoms. The maximum Gasteiger partial charge on any atom is 0.146 e. The minimum absolute atomic E-state index is 0.0424. The molecule has 0 amide bonds. The van der Waals surface area contributed by atoms with Crippen molar-refractivity contribution in [3.8, 4) is 0 Å². The van der Waals surface area contributed by atoms with Crippen LogP contribution in [-0.4, -0.2) is 5.75 Å². The van der Waals surface area contributed by atoms with Gasteiger partial charge in [-0.25, -0.2) is 8.78 Å². The van der Waals surface area contributed by atoms with Crippen molar-refractivity contribution in [3.05, 3.63) is 59.2 Å². The summed E-state index contributed by atoms with van der Waals surface area (Å²) in [5.41, 5.74) is 2.28. The highest BCUT2D eigenvalue weighted by molar-refractivity contribution is 7.99. The fraction of sp³-hybridized carbons (Fsp3) is 0.250. The quantitative estimate of drug-likeness (QED) is 0.842. The minimum Gasteiger partial charge on any atom is -0.376 e. The number of hydrogen-bond acceptors (Lipinski definition) is 2. The summed E-state index contributed by atoms with van der Waals surface area (Å²) in [5, 5.41) is 3.20. The predicted molar refractivity (Wildman–Crippen MR) is 79.2 cm³/mol. The van der Waals surface area contributed by atoms with Gasteiger partial charge in [0, 0.05) is 10.6 Å². The molecule has 1 atom stereocenters. The van der Waals surface area contributed by atoms with E-state index in [0.717, 1.165) is 23.3 Å². The van der Waals surface area contributed by atoms with Gasteiger partial charge in [0.15, 0.2) is 0 Å². The van der Waals surface area contributed by atoms with Gasteiger partial charge in [0.1, 0.15) is 11.6 Å². The Bertz CT molecular complexity index is 642. The Morgan fingerprint density at radius 3 is 2.80 bits per heavy atom. The van der Waals surface area contributed by atoms with Crippen LogP contribution in [0.3, 0.4) is 0 Å². The van der Waals surface area contributed by atoms with Gasteiger partial charge in [-0.15, -0.1) is 11.8 Å². The molecule has 104 valence electrons. The zero-order chi connectivity index (χ0) is 14.1. The zero-order valence-corrected chi connectivity index (χ0v) is 11.9. The van der Waals surface area contributed by atoms with Crippen molar-refractivity contribution in [2.75, 3.05) is 11.1 Å². The molecule has 0 aromatic heterocycles. The van der Waals surface area contributed by atoms with Gasteiger partial charge in [-0.1, -0.05) is 18.2 Å². The van der Waals surface area contributed by atoms with Crippen molar-refractivity contribution >= 4 is 17.4 Å². The molecule has 1 nitrogen and oxygen atoms in total. The van der Waals surface area contributed by atoms with Crippen LogP contribution in [0, 0.1) is 18.6 Å². The molecule has 1 aliphatic heterocycles. The first-order valence-electron chi connectivity index (χ1n) is 6.59. The van der Waals surface area contributed by atoms with Crippen molar-refractivity contribution < 1.29 is 8.78 Å². The number of benzene rings is 2. The number of thioether (sulfide) groups is 1. The first-order valence-corrected chi connectivity index (χ1v) is 7.57. The number of nitrogens with one attached hydrogen (secondary N) is 1. The Balaban J connectivity index is 1.91. The number of hydrogen-bond donors (Lipinski definition) is 1. The van der Waals surface area contributed by atoms with Crippen LogP contribution in [0.4, 0.5) is 14.5 Å². The van der Waals surface area contributed by atoms with E-state index in [0.29, 0.717) is 10.6 Å². The van der Waals surface area contributed by atoms with E-state index in [1.165, 1.54) is 23.9 Å². The highest BCUT2D eigenvalue weighted by Gasteiger charge is 2.23. The lowest BCUT2D eigenvalue weighted by Crippen LogP contribution is -2.17. The third kappa shape index (κ3) is 2.52. The van der Waals surface area contributed by atoms with Crippen LogP contribution in [0.15, 0.2) is 41.3 Å². The normalized spacial score (nSPS) is 17.6. The number of aryl methyl sites for hydroxylation is 1. The molecule has 3 rings (SSSR count). The summed E-state index contributed by atoms with van der Waals surface area (Å²) in [6, 6.07) is 10.2. The molecule has 0 fully saturated rings. The van der Waals surface area contributed by atoms with Crippen molar-refractivity contribution in [1.29, 1.82) is 0 Å². The summed E-state index contributed by atoms with van der Waals surface area (Å²) in [5.74, 6) is 0.378. The third-order valence-corrected chi connectivity index (χ3v) is 4.64. The van der Waals surface area contributed by atoms with Crippen LogP contribution in [0.25, 0.3) is 0 Å². The van der Waals surface area contributed by atoms with Gasteiger partial charge in [0.25, 0.3) is 0 Å². The predicted octanol–water partition coefficient (Wildman–Crippen LogP) is 4.92. The second-order valence-corrected chi connectivity index (χ2v) is 6.08. The molecule has 0 saturated carbocycles. The molecular formula is C16H15F2NS. The van der Waals surface area contributed by atoms with Crippen molar-refractivity contribution in [3.63, 3.8) is 0 Å². The summed E-state index contributed by atoms with van der Waals surface area (Å²) < 4.78 is 27.7. The Kier molecular flexibility index (Phi) is 3.66. The van der Waals surface area contributed by atoms with Crippen LogP contribution in [0.5, 0.6) is 0 Å². The lowest BCUT2D eigenvalue weighted by atomic mass is 10.0. The summed E-state index contributed by atoms with van der Waals surface area (Å²) in [4.78, 5) is 0.684. The number of halogens is 2. The fourth-order valence-electron chi connectivity index (χ4n) is 2.46. The highest BCUT2D eigenvalue weighted by atomic mass is 32.2. The van der Waals surface area contributed by atoms with Gasteiger partial charge in [-0.2, -0.15) is 0 Å². The maximum absolute atomic E-state index is 13.9. The standard InChI is InChI=1S/C16H15F2NS/c1-10-5-6-15(13(18)9-10)19-14-7-8-20-16-11(14)3-2-4-12(16)17/h2-6,9,14,19H,7-8H2,1H3. The molecule has 1 aliphatic rings. The summed E-state index contributed by atoms with van der Waals surface area (Å²) >= 11 is 1.53. The molecule has 0 bridgehead atoms. The summed E-state index contributed by atoms with van der Waals surface area (Å²) in [6.07, 6.45) is 0.856. The minimum atomic E-state index is -0.263.